The van der Waals surface area contributed by atoms with Gasteiger partial charge in [-0.15, -0.1) is 0 Å². The Morgan fingerprint density at radius 3 is 2.47 bits per heavy atom. The fraction of sp³-hybridized carbons (Fsp3) is 0.625. The molecule has 1 N–H and O–H groups in total. The maximum absolute atomic E-state index is 5.77. The molecule has 1 saturated carbocycles. The summed E-state index contributed by atoms with van der Waals surface area (Å²) in [5.74, 6) is -0.250. The monoisotopic (exact) mass is 261 g/mol. The minimum absolute atomic E-state index is 0.250. The van der Waals surface area contributed by atoms with E-state index in [0.717, 1.165) is 38.9 Å². The third-order valence-corrected chi connectivity index (χ3v) is 4.53. The molecular weight excluding hydrogens is 238 g/mol. The number of rotatable bonds is 2. The third-order valence-electron chi connectivity index (χ3n) is 4.53. The summed E-state index contributed by atoms with van der Waals surface area (Å²) in [6, 6.07) is 7.00. The van der Waals surface area contributed by atoms with Gasteiger partial charge in [0.05, 0.1) is 13.2 Å². The van der Waals surface area contributed by atoms with Gasteiger partial charge < -0.3 is 14.8 Å². The quantitative estimate of drug-likeness (QED) is 0.885. The molecule has 0 radical (unpaired) electrons. The van der Waals surface area contributed by atoms with Crippen molar-refractivity contribution in [1.82, 2.24) is 0 Å². The summed E-state index contributed by atoms with van der Waals surface area (Å²) in [4.78, 5) is 0. The third kappa shape index (κ3) is 2.63. The first-order valence-corrected chi connectivity index (χ1v) is 7.29. The van der Waals surface area contributed by atoms with Crippen LogP contribution in [0.25, 0.3) is 0 Å². The van der Waals surface area contributed by atoms with Crippen molar-refractivity contribution >= 4 is 5.69 Å². The van der Waals surface area contributed by atoms with Gasteiger partial charge in [-0.05, 0) is 43.9 Å². The van der Waals surface area contributed by atoms with Gasteiger partial charge in [0.25, 0.3) is 0 Å². The van der Waals surface area contributed by atoms with Crippen molar-refractivity contribution in [3.63, 3.8) is 0 Å². The summed E-state index contributed by atoms with van der Waals surface area (Å²) in [6.45, 7) is 5.87. The van der Waals surface area contributed by atoms with E-state index in [-0.39, 0.29) is 5.79 Å². The average Bonchev–Trinajstić information content (AvgIpc) is 2.86. The van der Waals surface area contributed by atoms with E-state index in [4.69, 9.17) is 9.47 Å². The van der Waals surface area contributed by atoms with Crippen LogP contribution in [0.2, 0.25) is 0 Å². The molecule has 1 aliphatic carbocycles. The first-order valence-electron chi connectivity index (χ1n) is 7.29. The van der Waals surface area contributed by atoms with Crippen LogP contribution in [0.3, 0.4) is 0 Å². The van der Waals surface area contributed by atoms with Gasteiger partial charge in [-0.25, -0.2) is 0 Å². The van der Waals surface area contributed by atoms with Gasteiger partial charge in [0.15, 0.2) is 5.79 Å². The zero-order chi connectivity index (χ0) is 13.3. The van der Waals surface area contributed by atoms with Crippen molar-refractivity contribution in [2.45, 2.75) is 51.4 Å². The highest BCUT2D eigenvalue weighted by molar-refractivity contribution is 5.54. The summed E-state index contributed by atoms with van der Waals surface area (Å²) >= 11 is 0. The molecule has 0 unspecified atom stereocenters. The number of anilines is 1. The van der Waals surface area contributed by atoms with Gasteiger partial charge in [0.2, 0.25) is 0 Å². The van der Waals surface area contributed by atoms with E-state index in [1.54, 1.807) is 0 Å². The molecule has 104 valence electrons. The topological polar surface area (TPSA) is 30.5 Å². The molecule has 3 rings (SSSR count). The SMILES string of the molecule is Cc1cccc(NC2CCC3(CC2)OCCO3)c1C. The minimum atomic E-state index is -0.250. The molecule has 3 nitrogen and oxygen atoms in total. The summed E-state index contributed by atoms with van der Waals surface area (Å²) in [6.07, 6.45) is 4.26. The number of hydrogen-bond acceptors (Lipinski definition) is 3. The Morgan fingerprint density at radius 2 is 1.79 bits per heavy atom. The van der Waals surface area contributed by atoms with Crippen LogP contribution in [-0.2, 0) is 9.47 Å². The van der Waals surface area contributed by atoms with Crippen LogP contribution in [-0.4, -0.2) is 25.0 Å². The van der Waals surface area contributed by atoms with E-state index in [2.05, 4.69) is 37.4 Å². The zero-order valence-corrected chi connectivity index (χ0v) is 11.9. The lowest BCUT2D eigenvalue weighted by Crippen LogP contribution is -2.39. The molecule has 2 aliphatic rings. The van der Waals surface area contributed by atoms with Gasteiger partial charge in [-0.3, -0.25) is 0 Å². The van der Waals surface area contributed by atoms with Crippen molar-refractivity contribution in [2.75, 3.05) is 18.5 Å². The Kier molecular flexibility index (Phi) is 3.50. The zero-order valence-electron chi connectivity index (χ0n) is 11.9. The predicted octanol–water partition coefficient (Wildman–Crippen LogP) is 3.40. The first kappa shape index (κ1) is 12.9. The molecule has 19 heavy (non-hydrogen) atoms. The Hall–Kier alpha value is -1.06. The Morgan fingerprint density at radius 1 is 1.11 bits per heavy atom. The molecule has 3 heteroatoms. The summed E-state index contributed by atoms with van der Waals surface area (Å²) < 4.78 is 11.5. The molecule has 1 spiro atoms. The van der Waals surface area contributed by atoms with E-state index < -0.39 is 0 Å². The molecule has 0 amide bonds. The number of nitrogens with one attached hydrogen (secondary N) is 1. The van der Waals surface area contributed by atoms with E-state index >= 15 is 0 Å². The largest absolute Gasteiger partial charge is 0.382 e. The standard InChI is InChI=1S/C16H23NO2/c1-12-4-3-5-15(13(12)2)17-14-6-8-16(9-7-14)18-10-11-19-16/h3-5,14,17H,6-11H2,1-2H3. The second kappa shape index (κ2) is 5.14. The van der Waals surface area contributed by atoms with Crippen LogP contribution in [0.5, 0.6) is 0 Å². The maximum Gasteiger partial charge on any atom is 0.168 e. The maximum atomic E-state index is 5.77. The fourth-order valence-electron chi connectivity index (χ4n) is 3.12. The Labute approximate surface area is 115 Å². The molecule has 2 fully saturated rings. The molecular formula is C16H23NO2. The second-order valence-electron chi connectivity index (χ2n) is 5.77. The van der Waals surface area contributed by atoms with Crippen molar-refractivity contribution < 1.29 is 9.47 Å². The number of hydrogen-bond donors (Lipinski definition) is 1. The van der Waals surface area contributed by atoms with Gasteiger partial charge in [0.1, 0.15) is 0 Å². The Bertz CT molecular complexity index is 442. The average molecular weight is 261 g/mol. The fourth-order valence-corrected chi connectivity index (χ4v) is 3.12. The normalized spacial score (nSPS) is 22.8. The lowest BCUT2D eigenvalue weighted by Gasteiger charge is -2.36. The molecule has 0 atom stereocenters. The van der Waals surface area contributed by atoms with Crippen LogP contribution in [0.15, 0.2) is 18.2 Å². The number of benzene rings is 1. The first-order chi connectivity index (χ1) is 9.19. The molecule has 1 saturated heterocycles. The van der Waals surface area contributed by atoms with Crippen molar-refractivity contribution in [2.24, 2.45) is 0 Å². The van der Waals surface area contributed by atoms with Gasteiger partial charge in [-0.2, -0.15) is 0 Å². The molecule has 1 aliphatic heterocycles. The van der Waals surface area contributed by atoms with E-state index in [1.165, 1.54) is 16.8 Å². The summed E-state index contributed by atoms with van der Waals surface area (Å²) in [7, 11) is 0. The van der Waals surface area contributed by atoms with Gasteiger partial charge in [-0.1, -0.05) is 12.1 Å². The lowest BCUT2D eigenvalue weighted by molar-refractivity contribution is -0.177. The van der Waals surface area contributed by atoms with Crippen molar-refractivity contribution in [3.8, 4) is 0 Å². The Balaban J connectivity index is 1.61. The van der Waals surface area contributed by atoms with Crippen LogP contribution in [0.1, 0.15) is 36.8 Å². The smallest absolute Gasteiger partial charge is 0.168 e. The summed E-state index contributed by atoms with van der Waals surface area (Å²) in [5, 5.41) is 3.69. The molecule has 0 aromatic heterocycles. The predicted molar refractivity (Wildman–Crippen MR) is 76.4 cm³/mol. The van der Waals surface area contributed by atoms with Crippen molar-refractivity contribution in [3.05, 3.63) is 29.3 Å². The second-order valence-corrected chi connectivity index (χ2v) is 5.77. The minimum Gasteiger partial charge on any atom is -0.382 e. The molecule has 1 aromatic rings. The van der Waals surface area contributed by atoms with Gasteiger partial charge >= 0.3 is 0 Å². The highest BCUT2D eigenvalue weighted by atomic mass is 16.7. The molecule has 1 heterocycles. The number of ether oxygens (including phenoxy) is 2. The molecule has 0 bridgehead atoms. The highest BCUT2D eigenvalue weighted by Gasteiger charge is 2.40. The van der Waals surface area contributed by atoms with E-state index in [9.17, 15) is 0 Å². The summed E-state index contributed by atoms with van der Waals surface area (Å²) in [5.41, 5.74) is 3.98. The van der Waals surface area contributed by atoms with E-state index in [1.807, 2.05) is 0 Å². The van der Waals surface area contributed by atoms with E-state index in [0.29, 0.717) is 6.04 Å². The number of aryl methyl sites for hydroxylation is 1. The van der Waals surface area contributed by atoms with Crippen molar-refractivity contribution in [1.29, 1.82) is 0 Å². The van der Waals surface area contributed by atoms with Gasteiger partial charge in [0, 0.05) is 24.6 Å². The molecule has 1 aromatic carbocycles. The van der Waals surface area contributed by atoms with Crippen LogP contribution in [0.4, 0.5) is 5.69 Å². The highest BCUT2D eigenvalue weighted by Crippen LogP contribution is 2.36. The van der Waals surface area contributed by atoms with Crippen LogP contribution < -0.4 is 5.32 Å². The van der Waals surface area contributed by atoms with Crippen LogP contribution in [0, 0.1) is 13.8 Å². The lowest BCUT2D eigenvalue weighted by atomic mass is 9.89. The van der Waals surface area contributed by atoms with Crippen LogP contribution >= 0.6 is 0 Å².